The number of rotatable bonds is 2. The minimum atomic E-state index is -0.277. The molecule has 2 rings (SSSR count). The van der Waals surface area contributed by atoms with E-state index in [0.717, 1.165) is 5.56 Å². The SMILES string of the molecule is COc1ccc(F)cc1C1(Br)COC1. The average molecular weight is 261 g/mol. The summed E-state index contributed by atoms with van der Waals surface area (Å²) < 4.78 is 23.1. The number of hydrogen-bond donors (Lipinski definition) is 0. The molecule has 1 aliphatic rings. The average Bonchev–Trinajstić information content (AvgIpc) is 2.14. The fraction of sp³-hybridized carbons (Fsp3) is 0.400. The lowest BCUT2D eigenvalue weighted by Crippen LogP contribution is -2.41. The first-order chi connectivity index (χ1) is 6.65. The molecule has 0 aliphatic carbocycles. The van der Waals surface area contributed by atoms with E-state index in [9.17, 15) is 4.39 Å². The van der Waals surface area contributed by atoms with Crippen LogP contribution in [-0.2, 0) is 9.06 Å². The van der Waals surface area contributed by atoms with E-state index in [1.807, 2.05) is 0 Å². The number of methoxy groups -OCH3 is 1. The lowest BCUT2D eigenvalue weighted by molar-refractivity contribution is -0.00800. The van der Waals surface area contributed by atoms with E-state index in [-0.39, 0.29) is 10.1 Å². The number of ether oxygens (including phenoxy) is 2. The van der Waals surface area contributed by atoms with Gasteiger partial charge in [-0.1, -0.05) is 15.9 Å². The third-order valence-electron chi connectivity index (χ3n) is 2.31. The Kier molecular flexibility index (Phi) is 2.49. The largest absolute Gasteiger partial charge is 0.496 e. The highest BCUT2D eigenvalue weighted by molar-refractivity contribution is 9.09. The molecule has 1 saturated heterocycles. The maximum Gasteiger partial charge on any atom is 0.123 e. The van der Waals surface area contributed by atoms with E-state index in [4.69, 9.17) is 9.47 Å². The summed E-state index contributed by atoms with van der Waals surface area (Å²) in [5.74, 6) is 0.429. The van der Waals surface area contributed by atoms with Crippen molar-refractivity contribution in [1.29, 1.82) is 0 Å². The van der Waals surface area contributed by atoms with Gasteiger partial charge in [0.2, 0.25) is 0 Å². The van der Waals surface area contributed by atoms with Gasteiger partial charge in [-0.25, -0.2) is 4.39 Å². The molecule has 76 valence electrons. The van der Waals surface area contributed by atoms with E-state index in [2.05, 4.69) is 15.9 Å². The molecule has 0 aromatic heterocycles. The Morgan fingerprint density at radius 3 is 2.71 bits per heavy atom. The van der Waals surface area contributed by atoms with Crippen LogP contribution in [0, 0.1) is 5.82 Å². The lowest BCUT2D eigenvalue weighted by atomic mass is 9.96. The monoisotopic (exact) mass is 260 g/mol. The van der Waals surface area contributed by atoms with Crippen LogP contribution in [0.25, 0.3) is 0 Å². The second kappa shape index (κ2) is 3.51. The van der Waals surface area contributed by atoms with E-state index in [0.29, 0.717) is 19.0 Å². The Hall–Kier alpha value is -0.610. The van der Waals surface area contributed by atoms with Crippen molar-refractivity contribution in [1.82, 2.24) is 0 Å². The Bertz CT molecular complexity index is 350. The molecule has 0 N–H and O–H groups in total. The summed E-state index contributed by atoms with van der Waals surface area (Å²) in [6, 6.07) is 4.50. The normalized spacial score (nSPS) is 18.8. The molecule has 14 heavy (non-hydrogen) atoms. The highest BCUT2D eigenvalue weighted by atomic mass is 79.9. The van der Waals surface area contributed by atoms with Gasteiger partial charge in [-0.3, -0.25) is 0 Å². The molecule has 1 heterocycles. The van der Waals surface area contributed by atoms with Crippen molar-refractivity contribution in [2.75, 3.05) is 20.3 Å². The highest BCUT2D eigenvalue weighted by Crippen LogP contribution is 2.43. The maximum absolute atomic E-state index is 13.1. The smallest absolute Gasteiger partial charge is 0.123 e. The summed E-state index contributed by atoms with van der Waals surface area (Å²) >= 11 is 3.53. The van der Waals surface area contributed by atoms with E-state index in [1.54, 1.807) is 13.2 Å². The Balaban J connectivity index is 2.43. The molecule has 0 spiro atoms. The Morgan fingerprint density at radius 1 is 1.50 bits per heavy atom. The summed E-state index contributed by atoms with van der Waals surface area (Å²) in [7, 11) is 1.58. The Labute approximate surface area is 90.1 Å². The molecule has 2 nitrogen and oxygen atoms in total. The lowest BCUT2D eigenvalue weighted by Gasteiger charge is -2.37. The van der Waals surface area contributed by atoms with E-state index < -0.39 is 0 Å². The van der Waals surface area contributed by atoms with Crippen molar-refractivity contribution >= 4 is 15.9 Å². The van der Waals surface area contributed by atoms with E-state index in [1.165, 1.54) is 12.1 Å². The van der Waals surface area contributed by atoms with Gasteiger partial charge in [0.15, 0.2) is 0 Å². The molecule has 4 heteroatoms. The standard InChI is InChI=1S/C10H10BrFO2/c1-13-9-3-2-7(12)4-8(9)10(11)5-14-6-10/h2-4H,5-6H2,1H3. The number of benzene rings is 1. The molecular weight excluding hydrogens is 251 g/mol. The van der Waals surface area contributed by atoms with Crippen molar-refractivity contribution in [2.24, 2.45) is 0 Å². The predicted octanol–water partition coefficient (Wildman–Crippen LogP) is 2.45. The first-order valence-corrected chi connectivity index (χ1v) is 5.06. The predicted molar refractivity (Wildman–Crippen MR) is 54.4 cm³/mol. The third-order valence-corrected chi connectivity index (χ3v) is 3.19. The van der Waals surface area contributed by atoms with Crippen molar-refractivity contribution in [3.8, 4) is 5.75 Å². The summed E-state index contributed by atoms with van der Waals surface area (Å²) in [6.45, 7) is 1.10. The van der Waals surface area contributed by atoms with Gasteiger partial charge in [-0.15, -0.1) is 0 Å². The van der Waals surface area contributed by atoms with Crippen LogP contribution in [0.5, 0.6) is 5.75 Å². The van der Waals surface area contributed by atoms with Crippen LogP contribution >= 0.6 is 15.9 Å². The summed E-state index contributed by atoms with van der Waals surface area (Å²) in [5, 5.41) is 0. The van der Waals surface area contributed by atoms with Crippen LogP contribution in [-0.4, -0.2) is 20.3 Å². The van der Waals surface area contributed by atoms with Gasteiger partial charge >= 0.3 is 0 Å². The number of hydrogen-bond acceptors (Lipinski definition) is 2. The Morgan fingerprint density at radius 2 is 2.21 bits per heavy atom. The summed E-state index contributed by atoms with van der Waals surface area (Å²) in [4.78, 5) is 0. The molecule has 0 unspecified atom stereocenters. The number of alkyl halides is 1. The second-order valence-corrected chi connectivity index (χ2v) is 4.82. The van der Waals surface area contributed by atoms with Crippen LogP contribution < -0.4 is 4.74 Å². The topological polar surface area (TPSA) is 18.5 Å². The molecule has 1 aromatic carbocycles. The van der Waals surface area contributed by atoms with Crippen molar-refractivity contribution < 1.29 is 13.9 Å². The molecule has 0 radical (unpaired) electrons. The van der Waals surface area contributed by atoms with Gasteiger partial charge in [0.25, 0.3) is 0 Å². The van der Waals surface area contributed by atoms with Crippen molar-refractivity contribution in [2.45, 2.75) is 4.32 Å². The molecule has 0 atom stereocenters. The van der Waals surface area contributed by atoms with Crippen LogP contribution in [0.4, 0.5) is 4.39 Å². The number of halogens is 2. The second-order valence-electron chi connectivity index (χ2n) is 3.30. The van der Waals surface area contributed by atoms with Crippen LogP contribution in [0.3, 0.4) is 0 Å². The zero-order valence-corrected chi connectivity index (χ0v) is 9.30. The maximum atomic E-state index is 13.1. The summed E-state index contributed by atoms with van der Waals surface area (Å²) in [6.07, 6.45) is 0. The minimum Gasteiger partial charge on any atom is -0.496 e. The first-order valence-electron chi connectivity index (χ1n) is 4.26. The van der Waals surface area contributed by atoms with Gasteiger partial charge in [0, 0.05) is 5.56 Å². The highest BCUT2D eigenvalue weighted by Gasteiger charge is 2.40. The summed E-state index contributed by atoms with van der Waals surface area (Å²) in [5.41, 5.74) is 0.811. The molecule has 1 aliphatic heterocycles. The first kappa shape index (κ1) is 9.93. The van der Waals surface area contributed by atoms with Gasteiger partial charge in [0.1, 0.15) is 15.9 Å². The molecule has 1 fully saturated rings. The zero-order valence-electron chi connectivity index (χ0n) is 7.72. The molecule has 1 aromatic rings. The van der Waals surface area contributed by atoms with Crippen molar-refractivity contribution in [3.05, 3.63) is 29.6 Å². The zero-order chi connectivity index (χ0) is 10.2. The van der Waals surface area contributed by atoms with Gasteiger partial charge in [-0.05, 0) is 18.2 Å². The van der Waals surface area contributed by atoms with Crippen LogP contribution in [0.15, 0.2) is 18.2 Å². The fourth-order valence-electron chi connectivity index (χ4n) is 1.47. The fourth-order valence-corrected chi connectivity index (χ4v) is 2.10. The molecular formula is C10H10BrFO2. The quantitative estimate of drug-likeness (QED) is 0.761. The molecule has 0 bridgehead atoms. The van der Waals surface area contributed by atoms with E-state index >= 15 is 0 Å². The molecule has 0 saturated carbocycles. The minimum absolute atomic E-state index is 0.258. The van der Waals surface area contributed by atoms with Crippen LogP contribution in [0.1, 0.15) is 5.56 Å². The van der Waals surface area contributed by atoms with Crippen LogP contribution in [0.2, 0.25) is 0 Å². The van der Waals surface area contributed by atoms with Gasteiger partial charge in [0.05, 0.1) is 20.3 Å². The van der Waals surface area contributed by atoms with Gasteiger partial charge < -0.3 is 9.47 Å². The van der Waals surface area contributed by atoms with Gasteiger partial charge in [-0.2, -0.15) is 0 Å². The van der Waals surface area contributed by atoms with Crippen molar-refractivity contribution in [3.63, 3.8) is 0 Å². The third kappa shape index (κ3) is 1.53. The molecule has 0 amide bonds.